The minimum atomic E-state index is -0.0997. The third-order valence-electron chi connectivity index (χ3n) is 7.33. The number of pyridine rings is 1. The van der Waals surface area contributed by atoms with E-state index in [9.17, 15) is 0 Å². The van der Waals surface area contributed by atoms with Crippen molar-refractivity contribution in [2.24, 2.45) is 0 Å². The highest BCUT2D eigenvalue weighted by atomic mass is 32.1. The second kappa shape index (κ2) is 10.5. The van der Waals surface area contributed by atoms with E-state index in [0.717, 1.165) is 49.1 Å². The van der Waals surface area contributed by atoms with Crippen molar-refractivity contribution in [3.63, 3.8) is 0 Å². The summed E-state index contributed by atoms with van der Waals surface area (Å²) in [6.45, 7) is 3.35. The van der Waals surface area contributed by atoms with Crippen molar-refractivity contribution in [1.29, 1.82) is 0 Å². The van der Waals surface area contributed by atoms with Gasteiger partial charge in [0.15, 0.2) is 5.11 Å². The van der Waals surface area contributed by atoms with E-state index in [1.54, 1.807) is 0 Å². The smallest absolute Gasteiger partial charge is 0.174 e. The lowest BCUT2D eigenvalue weighted by Crippen LogP contribution is -2.36. The van der Waals surface area contributed by atoms with Gasteiger partial charge in [0.25, 0.3) is 0 Å². The number of anilines is 3. The van der Waals surface area contributed by atoms with Crippen molar-refractivity contribution in [2.75, 3.05) is 55.1 Å². The summed E-state index contributed by atoms with van der Waals surface area (Å²) in [6.07, 6.45) is 3.96. The zero-order valence-electron chi connectivity index (χ0n) is 21.7. The van der Waals surface area contributed by atoms with Crippen LogP contribution in [0.15, 0.2) is 91.3 Å². The SMILES string of the molecule is CN(C)c1ccc(-n2cccc2[C@H]2[C@H](c3ccccn3)NC(=S)N2c2ccc(N3CCOCC3)cc2)cc1. The molecule has 2 aliphatic rings. The molecule has 0 radical (unpaired) electrons. The number of thiocarbonyl (C=S) groups is 1. The van der Waals surface area contributed by atoms with Crippen LogP contribution in [0.3, 0.4) is 0 Å². The van der Waals surface area contributed by atoms with Gasteiger partial charge in [-0.25, -0.2) is 0 Å². The molecule has 2 aromatic heterocycles. The van der Waals surface area contributed by atoms with E-state index in [0.29, 0.717) is 5.11 Å². The lowest BCUT2D eigenvalue weighted by molar-refractivity contribution is 0.122. The van der Waals surface area contributed by atoms with Gasteiger partial charge >= 0.3 is 0 Å². The predicted octanol–water partition coefficient (Wildman–Crippen LogP) is 4.95. The third-order valence-corrected chi connectivity index (χ3v) is 7.64. The number of aromatic nitrogens is 2. The van der Waals surface area contributed by atoms with E-state index < -0.39 is 0 Å². The number of benzene rings is 2. The quantitative estimate of drug-likeness (QED) is 0.358. The standard InChI is InChI=1S/C30H32N6OS/c1-33(2)22-8-12-24(13-9-22)35-17-5-7-27(35)29-28(26-6-3-4-16-31-26)32-30(38)36(29)25-14-10-23(11-15-25)34-18-20-37-21-19-34/h3-17,28-29H,18-21H2,1-2H3,(H,32,38)/t28-,29-/m0/s1. The summed E-state index contributed by atoms with van der Waals surface area (Å²) in [6, 6.07) is 27.5. The Kier molecular flexibility index (Phi) is 6.74. The Labute approximate surface area is 229 Å². The molecule has 2 saturated heterocycles. The van der Waals surface area contributed by atoms with Crippen molar-refractivity contribution in [3.05, 3.63) is 103 Å². The highest BCUT2D eigenvalue weighted by Crippen LogP contribution is 2.42. The summed E-state index contributed by atoms with van der Waals surface area (Å²) >= 11 is 5.96. The molecule has 8 heteroatoms. The maximum absolute atomic E-state index is 5.96. The summed E-state index contributed by atoms with van der Waals surface area (Å²) in [5, 5.41) is 4.28. The fourth-order valence-electron chi connectivity index (χ4n) is 5.36. The Morgan fingerprint density at radius 1 is 0.868 bits per heavy atom. The van der Waals surface area contributed by atoms with E-state index in [-0.39, 0.29) is 12.1 Å². The molecule has 2 aliphatic heterocycles. The highest BCUT2D eigenvalue weighted by Gasteiger charge is 2.42. The Balaban J connectivity index is 1.40. The van der Waals surface area contributed by atoms with Gasteiger partial charge in [0, 0.05) is 68.0 Å². The van der Waals surface area contributed by atoms with Gasteiger partial charge < -0.3 is 29.3 Å². The van der Waals surface area contributed by atoms with Gasteiger partial charge in [0.05, 0.1) is 24.9 Å². The number of ether oxygens (including phenoxy) is 1. The van der Waals surface area contributed by atoms with Crippen molar-refractivity contribution in [1.82, 2.24) is 14.9 Å². The van der Waals surface area contributed by atoms with Gasteiger partial charge in [-0.2, -0.15) is 0 Å². The molecule has 0 spiro atoms. The molecule has 2 fully saturated rings. The third kappa shape index (κ3) is 4.61. The van der Waals surface area contributed by atoms with E-state index in [1.165, 1.54) is 11.4 Å². The van der Waals surface area contributed by atoms with E-state index in [2.05, 4.69) is 112 Å². The van der Waals surface area contributed by atoms with E-state index >= 15 is 0 Å². The van der Waals surface area contributed by atoms with Crippen LogP contribution in [0.25, 0.3) is 5.69 Å². The maximum Gasteiger partial charge on any atom is 0.174 e. The highest BCUT2D eigenvalue weighted by molar-refractivity contribution is 7.80. The topological polar surface area (TPSA) is 48.8 Å². The lowest BCUT2D eigenvalue weighted by Gasteiger charge is -2.31. The zero-order valence-corrected chi connectivity index (χ0v) is 22.5. The van der Waals surface area contributed by atoms with Crippen LogP contribution in [0, 0.1) is 0 Å². The van der Waals surface area contributed by atoms with Crippen LogP contribution in [0.1, 0.15) is 23.5 Å². The van der Waals surface area contributed by atoms with Crippen molar-refractivity contribution < 1.29 is 4.74 Å². The lowest BCUT2D eigenvalue weighted by atomic mass is 10.0. The Morgan fingerprint density at radius 3 is 2.26 bits per heavy atom. The summed E-state index contributed by atoms with van der Waals surface area (Å²) < 4.78 is 7.78. The molecule has 194 valence electrons. The summed E-state index contributed by atoms with van der Waals surface area (Å²) in [4.78, 5) is 11.4. The van der Waals surface area contributed by atoms with Gasteiger partial charge in [-0.1, -0.05) is 6.07 Å². The van der Waals surface area contributed by atoms with Crippen LogP contribution < -0.4 is 20.0 Å². The summed E-state index contributed by atoms with van der Waals surface area (Å²) in [5.74, 6) is 0. The Morgan fingerprint density at radius 2 is 1.58 bits per heavy atom. The van der Waals surface area contributed by atoms with Crippen LogP contribution in [0.5, 0.6) is 0 Å². The van der Waals surface area contributed by atoms with Gasteiger partial charge in [0.2, 0.25) is 0 Å². The van der Waals surface area contributed by atoms with Crippen LogP contribution in [-0.4, -0.2) is 55.1 Å². The zero-order chi connectivity index (χ0) is 26.1. The second-order valence-electron chi connectivity index (χ2n) is 9.83. The summed E-state index contributed by atoms with van der Waals surface area (Å²) in [5.41, 5.74) is 6.64. The van der Waals surface area contributed by atoms with Gasteiger partial charge in [-0.15, -0.1) is 0 Å². The van der Waals surface area contributed by atoms with Gasteiger partial charge in [-0.05, 0) is 85.0 Å². The number of hydrogen-bond acceptors (Lipinski definition) is 5. The number of nitrogens with one attached hydrogen (secondary N) is 1. The molecule has 6 rings (SSSR count). The maximum atomic E-state index is 5.96. The minimum absolute atomic E-state index is 0.0878. The van der Waals surface area contributed by atoms with Gasteiger partial charge in [0.1, 0.15) is 6.04 Å². The molecular weight excluding hydrogens is 492 g/mol. The fraction of sp³-hybridized carbons (Fsp3) is 0.267. The normalized spacial score (nSPS) is 19.5. The number of hydrogen-bond donors (Lipinski definition) is 1. The molecule has 2 aromatic carbocycles. The molecule has 4 aromatic rings. The summed E-state index contributed by atoms with van der Waals surface area (Å²) in [7, 11) is 4.11. The monoisotopic (exact) mass is 524 g/mol. The van der Waals surface area contributed by atoms with Crippen molar-refractivity contribution >= 4 is 34.4 Å². The number of rotatable bonds is 6. The predicted molar refractivity (Wildman–Crippen MR) is 158 cm³/mol. The van der Waals surface area contributed by atoms with Crippen LogP contribution >= 0.6 is 12.2 Å². The molecule has 38 heavy (non-hydrogen) atoms. The Hall–Kier alpha value is -3.88. The van der Waals surface area contributed by atoms with E-state index in [4.69, 9.17) is 21.9 Å². The van der Waals surface area contributed by atoms with Crippen LogP contribution in [0.4, 0.5) is 17.1 Å². The Bertz CT molecular complexity index is 1380. The first-order valence-electron chi connectivity index (χ1n) is 13.0. The molecule has 7 nitrogen and oxygen atoms in total. The first-order valence-corrected chi connectivity index (χ1v) is 13.4. The van der Waals surface area contributed by atoms with Crippen LogP contribution in [0.2, 0.25) is 0 Å². The average Bonchev–Trinajstić information content (AvgIpc) is 3.58. The second-order valence-corrected chi connectivity index (χ2v) is 10.2. The number of nitrogens with zero attached hydrogens (tertiary/aromatic N) is 5. The van der Waals surface area contributed by atoms with Crippen molar-refractivity contribution in [2.45, 2.75) is 12.1 Å². The molecule has 0 bridgehead atoms. The largest absolute Gasteiger partial charge is 0.378 e. The fourth-order valence-corrected chi connectivity index (χ4v) is 5.71. The molecule has 0 unspecified atom stereocenters. The molecule has 4 heterocycles. The minimum Gasteiger partial charge on any atom is -0.378 e. The van der Waals surface area contributed by atoms with E-state index in [1.807, 2.05) is 18.3 Å². The first-order chi connectivity index (χ1) is 18.6. The molecular formula is C30H32N6OS. The van der Waals surface area contributed by atoms with Gasteiger partial charge in [-0.3, -0.25) is 4.98 Å². The molecule has 0 amide bonds. The molecule has 2 atom stereocenters. The average molecular weight is 525 g/mol. The first kappa shape index (κ1) is 24.5. The van der Waals surface area contributed by atoms with Crippen molar-refractivity contribution in [3.8, 4) is 5.69 Å². The molecule has 1 N–H and O–H groups in total. The molecule has 0 aliphatic carbocycles. The van der Waals surface area contributed by atoms with Crippen LogP contribution in [-0.2, 0) is 4.74 Å². The molecule has 0 saturated carbocycles. The number of morpholine rings is 1.